The van der Waals surface area contributed by atoms with Crippen molar-refractivity contribution in [2.75, 3.05) is 5.75 Å². The van der Waals surface area contributed by atoms with Gasteiger partial charge in [-0.3, -0.25) is 14.8 Å². The van der Waals surface area contributed by atoms with E-state index in [2.05, 4.69) is 10.2 Å². The number of nitrogens with one attached hydrogen (secondary N) is 1. The highest BCUT2D eigenvalue weighted by Gasteiger charge is 2.52. The zero-order chi connectivity index (χ0) is 22.8. The van der Waals surface area contributed by atoms with Gasteiger partial charge >= 0.3 is 5.97 Å². The van der Waals surface area contributed by atoms with Crippen LogP contribution in [0.1, 0.15) is 22.8 Å². The number of amides is 1. The Bertz CT molecular complexity index is 1130. The number of H-pyrrole nitrogens is 1. The molecule has 1 fully saturated rings. The molecule has 3 N–H and O–H groups in total. The van der Waals surface area contributed by atoms with Crippen molar-refractivity contribution in [3.63, 3.8) is 0 Å². The molecule has 2 atom stereocenters. The number of nitrogens with zero attached hydrogens (tertiary/aromatic N) is 2. The number of aromatic amines is 1. The van der Waals surface area contributed by atoms with Gasteiger partial charge in [0, 0.05) is 28.2 Å². The maximum absolute atomic E-state index is 13.6. The molecule has 168 valence electrons. The molecule has 0 saturated carbocycles. The highest BCUT2D eigenvalue weighted by Crippen LogP contribution is 2.44. The van der Waals surface area contributed by atoms with E-state index < -0.39 is 18.1 Å². The number of fused-ring (bicyclic) bond motifs is 1. The Kier molecular flexibility index (Phi) is 6.26. The molecule has 9 heteroatoms. The molecule has 1 amide bonds. The molecule has 0 bridgehead atoms. The number of carbonyl (C=O) groups is 2. The number of nitrogens with two attached hydrogens (primary N) is 1. The van der Waals surface area contributed by atoms with Crippen LogP contribution in [-0.2, 0) is 20.1 Å². The van der Waals surface area contributed by atoms with Crippen LogP contribution in [0.25, 0.3) is 0 Å². The number of aromatic nitrogens is 2. The zero-order valence-corrected chi connectivity index (χ0v) is 19.2. The fourth-order valence-electron chi connectivity index (χ4n) is 3.86. The van der Waals surface area contributed by atoms with Gasteiger partial charge in [-0.15, -0.1) is 23.5 Å². The first-order valence-corrected chi connectivity index (χ1v) is 12.5. The second-order valence-corrected chi connectivity index (χ2v) is 9.88. The second kappa shape index (κ2) is 9.46. The van der Waals surface area contributed by atoms with Gasteiger partial charge in [0.1, 0.15) is 17.1 Å². The van der Waals surface area contributed by atoms with E-state index in [1.165, 1.54) is 16.7 Å². The maximum Gasteiger partial charge on any atom is 0.356 e. The molecule has 1 saturated heterocycles. The Balaban J connectivity index is 1.47. The SMILES string of the molecule is N[C@@H]1C(=O)N2C(C(=O)OC(c3ccccc3)c3ccccc3)=C(SCc3cn[nH]c3)CS[C@@H]12. The predicted molar refractivity (Wildman–Crippen MR) is 129 cm³/mol. The Labute approximate surface area is 199 Å². The minimum absolute atomic E-state index is 0.245. The van der Waals surface area contributed by atoms with Crippen LogP contribution in [0, 0.1) is 0 Å². The van der Waals surface area contributed by atoms with E-state index in [4.69, 9.17) is 10.5 Å². The highest BCUT2D eigenvalue weighted by atomic mass is 32.2. The van der Waals surface area contributed by atoms with E-state index >= 15 is 0 Å². The fourth-order valence-corrected chi connectivity index (χ4v) is 6.36. The number of rotatable bonds is 7. The molecule has 5 rings (SSSR count). The van der Waals surface area contributed by atoms with Gasteiger partial charge in [-0.25, -0.2) is 4.79 Å². The van der Waals surface area contributed by atoms with Crippen LogP contribution in [0.3, 0.4) is 0 Å². The van der Waals surface area contributed by atoms with Gasteiger partial charge in [-0.2, -0.15) is 5.10 Å². The van der Waals surface area contributed by atoms with Gasteiger partial charge in [-0.1, -0.05) is 60.7 Å². The van der Waals surface area contributed by atoms with Gasteiger partial charge in [0.2, 0.25) is 5.91 Å². The van der Waals surface area contributed by atoms with Crippen LogP contribution in [0.15, 0.2) is 83.7 Å². The van der Waals surface area contributed by atoms with Crippen molar-refractivity contribution in [3.8, 4) is 0 Å². The van der Waals surface area contributed by atoms with Crippen LogP contribution < -0.4 is 5.73 Å². The summed E-state index contributed by atoms with van der Waals surface area (Å²) in [4.78, 5) is 28.6. The van der Waals surface area contributed by atoms with Crippen LogP contribution in [-0.4, -0.2) is 44.1 Å². The summed E-state index contributed by atoms with van der Waals surface area (Å²) >= 11 is 3.09. The molecule has 3 aromatic rings. The predicted octanol–water partition coefficient (Wildman–Crippen LogP) is 3.43. The molecule has 2 aliphatic heterocycles. The van der Waals surface area contributed by atoms with E-state index in [0.29, 0.717) is 17.2 Å². The van der Waals surface area contributed by atoms with Crippen LogP contribution in [0.5, 0.6) is 0 Å². The topological polar surface area (TPSA) is 101 Å². The average Bonchev–Trinajstić information content (AvgIpc) is 3.39. The molecule has 2 aromatic carbocycles. The number of hydrogen-bond acceptors (Lipinski definition) is 7. The van der Waals surface area contributed by atoms with Crippen molar-refractivity contribution < 1.29 is 14.3 Å². The number of thioether (sulfide) groups is 2. The third kappa shape index (κ3) is 4.31. The monoisotopic (exact) mass is 478 g/mol. The number of esters is 1. The number of β-lactam (4-membered cyclic amide) rings is 1. The molecule has 0 radical (unpaired) electrons. The van der Waals surface area contributed by atoms with E-state index in [9.17, 15) is 9.59 Å². The summed E-state index contributed by atoms with van der Waals surface area (Å²) in [6.45, 7) is 0. The molecule has 7 nitrogen and oxygen atoms in total. The van der Waals surface area contributed by atoms with Crippen molar-refractivity contribution in [2.24, 2.45) is 5.73 Å². The van der Waals surface area contributed by atoms with Crippen molar-refractivity contribution in [1.29, 1.82) is 0 Å². The van der Waals surface area contributed by atoms with E-state index in [-0.39, 0.29) is 11.3 Å². The van der Waals surface area contributed by atoms with Crippen molar-refractivity contribution in [2.45, 2.75) is 23.3 Å². The second-order valence-electron chi connectivity index (χ2n) is 7.71. The van der Waals surface area contributed by atoms with Crippen LogP contribution in [0.2, 0.25) is 0 Å². The van der Waals surface area contributed by atoms with Gasteiger partial charge in [-0.05, 0) is 11.1 Å². The summed E-state index contributed by atoms with van der Waals surface area (Å²) in [5.74, 6) is 0.448. The lowest BCUT2D eigenvalue weighted by atomic mass is 10.0. The lowest BCUT2D eigenvalue weighted by Crippen LogP contribution is -2.68. The molecule has 33 heavy (non-hydrogen) atoms. The van der Waals surface area contributed by atoms with Crippen LogP contribution >= 0.6 is 23.5 Å². The van der Waals surface area contributed by atoms with Crippen molar-refractivity contribution in [3.05, 3.63) is 100 Å². The van der Waals surface area contributed by atoms with Gasteiger partial charge in [0.05, 0.1) is 6.20 Å². The number of benzene rings is 2. The third-order valence-corrected chi connectivity index (χ3v) is 8.21. The molecule has 0 spiro atoms. The van der Waals surface area contributed by atoms with E-state index in [1.807, 2.05) is 66.9 Å². The molecule has 0 aliphatic carbocycles. The standard InChI is InChI=1S/C24H22N4O3S2/c25-19-22(29)28-20(18(14-33-23(19)28)32-13-15-11-26-27-12-15)24(30)31-21(16-7-3-1-4-8-16)17-9-5-2-6-10-17/h1-12,19,21,23H,13-14,25H2,(H,26,27)/t19-,23+/m1/s1. The Morgan fingerprint density at radius 2 is 1.85 bits per heavy atom. The van der Waals surface area contributed by atoms with Gasteiger partial charge in [0.25, 0.3) is 0 Å². The minimum atomic E-state index is -0.600. The summed E-state index contributed by atoms with van der Waals surface area (Å²) < 4.78 is 6.09. The first kappa shape index (κ1) is 21.8. The number of hydrogen-bond donors (Lipinski definition) is 2. The van der Waals surface area contributed by atoms with E-state index in [0.717, 1.165) is 21.6 Å². The zero-order valence-electron chi connectivity index (χ0n) is 17.6. The first-order valence-electron chi connectivity index (χ1n) is 10.5. The Morgan fingerprint density at radius 3 is 2.45 bits per heavy atom. The average molecular weight is 479 g/mol. The summed E-state index contributed by atoms with van der Waals surface area (Å²) in [6.07, 6.45) is 2.97. The Hall–Kier alpha value is -3.01. The third-order valence-electron chi connectivity index (χ3n) is 5.57. The Morgan fingerprint density at radius 1 is 1.18 bits per heavy atom. The molecular formula is C24H22N4O3S2. The highest BCUT2D eigenvalue weighted by molar-refractivity contribution is 8.05. The van der Waals surface area contributed by atoms with E-state index in [1.54, 1.807) is 18.0 Å². The quantitative estimate of drug-likeness (QED) is 0.396. The molecular weight excluding hydrogens is 456 g/mol. The minimum Gasteiger partial charge on any atom is -0.448 e. The molecule has 0 unspecified atom stereocenters. The summed E-state index contributed by atoms with van der Waals surface area (Å²) in [7, 11) is 0. The number of ether oxygens (including phenoxy) is 1. The van der Waals surface area contributed by atoms with Crippen LogP contribution in [0.4, 0.5) is 0 Å². The summed E-state index contributed by atoms with van der Waals surface area (Å²) in [5.41, 5.74) is 9.04. The fraction of sp³-hybridized carbons (Fsp3) is 0.208. The number of carbonyl (C=O) groups excluding carboxylic acids is 2. The summed E-state index contributed by atoms with van der Waals surface area (Å²) in [5, 5.41) is 6.53. The first-order chi connectivity index (χ1) is 16.1. The van der Waals surface area contributed by atoms with Gasteiger partial charge in [0.15, 0.2) is 6.10 Å². The lowest BCUT2D eigenvalue weighted by Gasteiger charge is -2.48. The summed E-state index contributed by atoms with van der Waals surface area (Å²) in [6, 6.07) is 18.6. The lowest BCUT2D eigenvalue weighted by molar-refractivity contribution is -0.152. The maximum atomic E-state index is 13.6. The van der Waals surface area contributed by atoms with Gasteiger partial charge < -0.3 is 10.5 Å². The molecule has 1 aromatic heterocycles. The van der Waals surface area contributed by atoms with Crippen molar-refractivity contribution in [1.82, 2.24) is 15.1 Å². The largest absolute Gasteiger partial charge is 0.448 e. The normalized spacial score (nSPS) is 19.9. The van der Waals surface area contributed by atoms with Crippen molar-refractivity contribution >= 4 is 35.4 Å². The smallest absolute Gasteiger partial charge is 0.356 e. The molecule has 2 aliphatic rings. The molecule has 3 heterocycles.